The Morgan fingerprint density at radius 1 is 1.15 bits per heavy atom. The highest BCUT2D eigenvalue weighted by Crippen LogP contribution is 2.15. The van der Waals surface area contributed by atoms with Crippen LogP contribution in [0.15, 0.2) is 6.20 Å². The van der Waals surface area contributed by atoms with E-state index in [-0.39, 0.29) is 6.01 Å². The molecule has 0 unspecified atom stereocenters. The summed E-state index contributed by atoms with van der Waals surface area (Å²) in [5, 5.41) is 0. The highest BCUT2D eigenvalue weighted by atomic mass is 16.5. The van der Waals surface area contributed by atoms with Crippen molar-refractivity contribution in [2.45, 2.75) is 39.8 Å². The average molecular weight is 277 g/mol. The molecule has 0 saturated heterocycles. The molecule has 5 nitrogen and oxygen atoms in total. The minimum absolute atomic E-state index is 0.276. The van der Waals surface area contributed by atoms with Crippen LogP contribution in [0.3, 0.4) is 0 Å². The van der Waals surface area contributed by atoms with Crippen molar-refractivity contribution in [2.24, 2.45) is 0 Å². The Hall–Kier alpha value is -1.80. The van der Waals surface area contributed by atoms with E-state index in [2.05, 4.69) is 54.4 Å². The van der Waals surface area contributed by atoms with Crippen LogP contribution in [-0.2, 0) is 0 Å². The molecule has 5 heteroatoms. The van der Waals surface area contributed by atoms with E-state index in [0.29, 0.717) is 30.1 Å². The Bertz CT molecular complexity index is 482. The molecule has 1 aromatic rings. The molecule has 0 aliphatic heterocycles. The molecule has 0 aliphatic rings. The first-order valence-corrected chi connectivity index (χ1v) is 6.69. The number of methoxy groups -OCH3 is 2. The zero-order valence-electron chi connectivity index (χ0n) is 13.1. The van der Waals surface area contributed by atoms with Crippen molar-refractivity contribution in [3.8, 4) is 23.7 Å². The Morgan fingerprint density at radius 3 is 2.30 bits per heavy atom. The highest BCUT2D eigenvalue weighted by Gasteiger charge is 2.11. The van der Waals surface area contributed by atoms with Crippen LogP contribution >= 0.6 is 0 Å². The second-order valence-corrected chi connectivity index (χ2v) is 4.94. The molecule has 0 spiro atoms. The van der Waals surface area contributed by atoms with Crippen molar-refractivity contribution in [1.82, 2.24) is 14.9 Å². The average Bonchev–Trinajstić information content (AvgIpc) is 2.42. The quantitative estimate of drug-likeness (QED) is 0.770. The van der Waals surface area contributed by atoms with Crippen molar-refractivity contribution >= 4 is 0 Å². The van der Waals surface area contributed by atoms with Crippen molar-refractivity contribution in [3.05, 3.63) is 11.8 Å². The summed E-state index contributed by atoms with van der Waals surface area (Å²) >= 11 is 0. The van der Waals surface area contributed by atoms with Gasteiger partial charge >= 0.3 is 6.01 Å². The van der Waals surface area contributed by atoms with Gasteiger partial charge in [0.2, 0.25) is 5.88 Å². The predicted molar refractivity (Wildman–Crippen MR) is 79.0 cm³/mol. The van der Waals surface area contributed by atoms with Crippen molar-refractivity contribution < 1.29 is 9.47 Å². The molecule has 1 heterocycles. The van der Waals surface area contributed by atoms with E-state index in [1.807, 2.05) is 0 Å². The van der Waals surface area contributed by atoms with Gasteiger partial charge in [-0.15, -0.1) is 0 Å². The number of aromatic nitrogens is 2. The molecule has 0 aliphatic carbocycles. The third kappa shape index (κ3) is 4.39. The van der Waals surface area contributed by atoms with Crippen LogP contribution in [0.1, 0.15) is 33.3 Å². The zero-order chi connectivity index (χ0) is 15.1. The minimum Gasteiger partial charge on any atom is -0.480 e. The second-order valence-electron chi connectivity index (χ2n) is 4.94. The van der Waals surface area contributed by atoms with Gasteiger partial charge in [-0.3, -0.25) is 4.90 Å². The van der Waals surface area contributed by atoms with E-state index in [4.69, 9.17) is 9.47 Å². The van der Waals surface area contributed by atoms with E-state index in [9.17, 15) is 0 Å². The molecular formula is C15H23N3O2. The largest absolute Gasteiger partial charge is 0.480 e. The smallest absolute Gasteiger partial charge is 0.319 e. The van der Waals surface area contributed by atoms with Crippen LogP contribution in [0.25, 0.3) is 0 Å². The van der Waals surface area contributed by atoms with Crippen LogP contribution < -0.4 is 9.47 Å². The topological polar surface area (TPSA) is 47.5 Å². The summed E-state index contributed by atoms with van der Waals surface area (Å²) in [7, 11) is 3.07. The van der Waals surface area contributed by atoms with Gasteiger partial charge in [0.15, 0.2) is 0 Å². The molecule has 0 radical (unpaired) electrons. The lowest BCUT2D eigenvalue weighted by Crippen LogP contribution is -2.37. The molecule has 0 N–H and O–H groups in total. The van der Waals surface area contributed by atoms with Crippen LogP contribution in [0, 0.1) is 11.8 Å². The number of hydrogen-bond acceptors (Lipinski definition) is 5. The van der Waals surface area contributed by atoms with Crippen molar-refractivity contribution in [1.29, 1.82) is 0 Å². The summed E-state index contributed by atoms with van der Waals surface area (Å²) < 4.78 is 10.2. The van der Waals surface area contributed by atoms with Gasteiger partial charge in [-0.25, -0.2) is 4.98 Å². The fraction of sp³-hybridized carbons (Fsp3) is 0.600. The van der Waals surface area contributed by atoms with Gasteiger partial charge in [-0.05, 0) is 27.7 Å². The van der Waals surface area contributed by atoms with Crippen LogP contribution in [0.4, 0.5) is 0 Å². The van der Waals surface area contributed by atoms with E-state index < -0.39 is 0 Å². The number of nitrogens with zero attached hydrogens (tertiary/aromatic N) is 3. The van der Waals surface area contributed by atoms with Crippen molar-refractivity contribution in [3.63, 3.8) is 0 Å². The van der Waals surface area contributed by atoms with Gasteiger partial charge in [0, 0.05) is 12.1 Å². The molecule has 1 rings (SSSR count). The molecular weight excluding hydrogens is 254 g/mol. The fourth-order valence-corrected chi connectivity index (χ4v) is 1.88. The Balaban J connectivity index is 2.86. The lowest BCUT2D eigenvalue weighted by atomic mass is 10.2. The maximum absolute atomic E-state index is 5.19. The summed E-state index contributed by atoms with van der Waals surface area (Å²) in [6, 6.07) is 1.19. The standard InChI is InChI=1S/C15H23N3O2/c1-11(2)18(12(3)4)9-7-8-13-10-16-15(20-6)17-14(13)19-5/h10-12H,9H2,1-6H3. The number of hydrogen-bond donors (Lipinski definition) is 0. The summed E-state index contributed by atoms with van der Waals surface area (Å²) in [5.41, 5.74) is 0.667. The monoisotopic (exact) mass is 277 g/mol. The SMILES string of the molecule is COc1ncc(C#CCN(C(C)C)C(C)C)c(OC)n1. The first-order valence-electron chi connectivity index (χ1n) is 6.69. The molecule has 20 heavy (non-hydrogen) atoms. The Kier molecular flexibility index (Phi) is 6.26. The van der Waals surface area contributed by atoms with Gasteiger partial charge in [-0.2, -0.15) is 4.98 Å². The van der Waals surface area contributed by atoms with E-state index in [0.717, 1.165) is 0 Å². The molecule has 0 atom stereocenters. The van der Waals surface area contributed by atoms with Crippen LogP contribution in [-0.4, -0.2) is 47.7 Å². The van der Waals surface area contributed by atoms with E-state index in [1.54, 1.807) is 13.3 Å². The molecule has 0 fully saturated rings. The molecule has 1 aromatic heterocycles. The lowest BCUT2D eigenvalue weighted by molar-refractivity contribution is 0.200. The Labute approximate surface area is 121 Å². The molecule has 110 valence electrons. The van der Waals surface area contributed by atoms with Gasteiger partial charge in [0.25, 0.3) is 0 Å². The van der Waals surface area contributed by atoms with Crippen LogP contribution in [0.5, 0.6) is 11.9 Å². The van der Waals surface area contributed by atoms with E-state index >= 15 is 0 Å². The lowest BCUT2D eigenvalue weighted by Gasteiger charge is -2.28. The van der Waals surface area contributed by atoms with Crippen LogP contribution in [0.2, 0.25) is 0 Å². The van der Waals surface area contributed by atoms with Crippen molar-refractivity contribution in [2.75, 3.05) is 20.8 Å². The summed E-state index contributed by atoms with van der Waals surface area (Å²) in [6.45, 7) is 9.36. The molecule has 0 amide bonds. The summed E-state index contributed by atoms with van der Waals surface area (Å²) in [5.74, 6) is 6.65. The number of ether oxygens (including phenoxy) is 2. The summed E-state index contributed by atoms with van der Waals surface area (Å²) in [6.07, 6.45) is 1.62. The third-order valence-electron chi connectivity index (χ3n) is 2.92. The fourth-order valence-electron chi connectivity index (χ4n) is 1.88. The molecule has 0 bridgehead atoms. The first-order chi connectivity index (χ1) is 9.49. The summed E-state index contributed by atoms with van der Waals surface area (Å²) in [4.78, 5) is 10.5. The minimum atomic E-state index is 0.276. The first kappa shape index (κ1) is 16.3. The Morgan fingerprint density at radius 2 is 1.80 bits per heavy atom. The molecule has 0 aromatic carbocycles. The highest BCUT2D eigenvalue weighted by molar-refractivity contribution is 5.41. The third-order valence-corrected chi connectivity index (χ3v) is 2.92. The van der Waals surface area contributed by atoms with Gasteiger partial charge < -0.3 is 9.47 Å². The van der Waals surface area contributed by atoms with Gasteiger partial charge in [0.05, 0.1) is 27.0 Å². The molecule has 0 saturated carbocycles. The van der Waals surface area contributed by atoms with E-state index in [1.165, 1.54) is 7.11 Å². The predicted octanol–water partition coefficient (Wildman–Crippen LogP) is 1.96. The van der Waals surface area contributed by atoms with Gasteiger partial charge in [-0.1, -0.05) is 11.8 Å². The maximum Gasteiger partial charge on any atom is 0.319 e. The normalized spacial score (nSPS) is 10.7. The number of rotatable bonds is 5. The maximum atomic E-state index is 5.19. The van der Waals surface area contributed by atoms with Gasteiger partial charge in [0.1, 0.15) is 5.56 Å². The second kappa shape index (κ2) is 7.71. The zero-order valence-corrected chi connectivity index (χ0v) is 13.1.